The van der Waals surface area contributed by atoms with Crippen molar-refractivity contribution in [3.8, 4) is 0 Å². The maximum absolute atomic E-state index is 12.1. The Morgan fingerprint density at radius 2 is 2.30 bits per heavy atom. The lowest BCUT2D eigenvalue weighted by molar-refractivity contribution is -0.132. The van der Waals surface area contributed by atoms with Crippen LogP contribution in [0.1, 0.15) is 39.0 Å². The van der Waals surface area contributed by atoms with Crippen LogP contribution in [0.5, 0.6) is 0 Å². The molecule has 0 fully saturated rings. The van der Waals surface area contributed by atoms with Crippen molar-refractivity contribution in [2.75, 3.05) is 0 Å². The lowest BCUT2D eigenvalue weighted by atomic mass is 9.82. The number of nitrogens with zero attached hydrogens (tertiary/aromatic N) is 1. The summed E-state index contributed by atoms with van der Waals surface area (Å²) in [5.41, 5.74) is 1.91. The Morgan fingerprint density at radius 3 is 2.95 bits per heavy atom. The van der Waals surface area contributed by atoms with Gasteiger partial charge < -0.3 is 5.11 Å². The molecule has 1 N–H and O–H groups in total. The number of carbonyl (C=O) groups excluding carboxylic acids is 1. The molecule has 1 aliphatic heterocycles. The summed E-state index contributed by atoms with van der Waals surface area (Å²) in [7, 11) is 0. The summed E-state index contributed by atoms with van der Waals surface area (Å²) in [6, 6.07) is 0. The number of carboxylic acid groups (broad SMARTS) is 1. The molecule has 4 heteroatoms. The van der Waals surface area contributed by atoms with E-state index in [9.17, 15) is 9.59 Å². The smallest absolute Gasteiger partial charge is 0.331 e. The van der Waals surface area contributed by atoms with E-state index in [4.69, 9.17) is 5.11 Å². The molecular formula is C16H19NO3. The maximum Gasteiger partial charge on any atom is 0.331 e. The number of ketones is 1. The number of carbonyl (C=O) groups is 2. The molecule has 0 aromatic heterocycles. The average Bonchev–Trinajstić information content (AvgIpc) is 2.68. The predicted molar refractivity (Wildman–Crippen MR) is 77.6 cm³/mol. The van der Waals surface area contributed by atoms with Crippen molar-refractivity contribution in [2.24, 2.45) is 10.9 Å². The Morgan fingerprint density at radius 1 is 1.50 bits per heavy atom. The van der Waals surface area contributed by atoms with Gasteiger partial charge in [0, 0.05) is 36.2 Å². The highest BCUT2D eigenvalue weighted by Gasteiger charge is 2.27. The van der Waals surface area contributed by atoms with Crippen LogP contribution in [-0.4, -0.2) is 22.6 Å². The normalized spacial score (nSPS) is 20.6. The van der Waals surface area contributed by atoms with Gasteiger partial charge in [-0.05, 0) is 37.0 Å². The van der Waals surface area contributed by atoms with Crippen molar-refractivity contribution in [3.05, 3.63) is 35.6 Å². The Balaban J connectivity index is 2.28. The van der Waals surface area contributed by atoms with E-state index in [0.717, 1.165) is 30.5 Å². The highest BCUT2D eigenvalue weighted by Crippen LogP contribution is 2.28. The summed E-state index contributed by atoms with van der Waals surface area (Å²) in [5, 5.41) is 9.16. The van der Waals surface area contributed by atoms with E-state index in [1.54, 1.807) is 18.4 Å². The lowest BCUT2D eigenvalue weighted by Gasteiger charge is -2.22. The molecule has 1 atom stereocenters. The minimum atomic E-state index is -0.928. The molecule has 106 valence electrons. The van der Waals surface area contributed by atoms with Gasteiger partial charge in [0.25, 0.3) is 0 Å². The third-order valence-corrected chi connectivity index (χ3v) is 3.75. The molecule has 0 aromatic carbocycles. The molecule has 2 rings (SSSR count). The molecule has 0 bridgehead atoms. The molecular weight excluding hydrogens is 254 g/mol. The lowest BCUT2D eigenvalue weighted by Crippen LogP contribution is -2.24. The van der Waals surface area contributed by atoms with Crippen molar-refractivity contribution >= 4 is 17.5 Å². The van der Waals surface area contributed by atoms with Gasteiger partial charge in [-0.3, -0.25) is 9.79 Å². The zero-order chi connectivity index (χ0) is 14.5. The molecule has 0 spiro atoms. The Hall–Kier alpha value is -1.97. The third kappa shape index (κ3) is 3.13. The molecule has 2 aliphatic rings. The van der Waals surface area contributed by atoms with Gasteiger partial charge in [-0.2, -0.15) is 0 Å². The molecule has 0 radical (unpaired) electrons. The SMILES string of the molecule is CC[C@@H](C1=CCCCC1=O)C1=NC=CC=C(C(=O)O)C1. The van der Waals surface area contributed by atoms with Crippen LogP contribution in [0.15, 0.2) is 40.6 Å². The van der Waals surface area contributed by atoms with Gasteiger partial charge in [0.1, 0.15) is 0 Å². The minimum Gasteiger partial charge on any atom is -0.478 e. The largest absolute Gasteiger partial charge is 0.478 e. The number of Topliss-reactive ketones (excluding diaryl/α,β-unsaturated/α-hetero) is 1. The quantitative estimate of drug-likeness (QED) is 0.856. The number of carboxylic acids is 1. The predicted octanol–water partition coefficient (Wildman–Crippen LogP) is 3.06. The van der Waals surface area contributed by atoms with E-state index in [2.05, 4.69) is 4.99 Å². The summed E-state index contributed by atoms with van der Waals surface area (Å²) in [4.78, 5) is 27.6. The van der Waals surface area contributed by atoms with Crippen LogP contribution in [0.2, 0.25) is 0 Å². The molecule has 0 saturated carbocycles. The molecule has 4 nitrogen and oxygen atoms in total. The second-order valence-electron chi connectivity index (χ2n) is 5.07. The number of hydrogen-bond acceptors (Lipinski definition) is 3. The molecule has 0 amide bonds. The van der Waals surface area contributed by atoms with Gasteiger partial charge in [0.2, 0.25) is 0 Å². The summed E-state index contributed by atoms with van der Waals surface area (Å²) in [5.74, 6) is -0.809. The average molecular weight is 273 g/mol. The summed E-state index contributed by atoms with van der Waals surface area (Å²) < 4.78 is 0. The third-order valence-electron chi connectivity index (χ3n) is 3.75. The van der Waals surface area contributed by atoms with Crippen molar-refractivity contribution in [2.45, 2.75) is 39.0 Å². The summed E-state index contributed by atoms with van der Waals surface area (Å²) >= 11 is 0. The van der Waals surface area contributed by atoms with Gasteiger partial charge in [0.15, 0.2) is 5.78 Å². The number of rotatable bonds is 4. The second kappa shape index (κ2) is 6.46. The zero-order valence-corrected chi connectivity index (χ0v) is 11.6. The first-order valence-corrected chi connectivity index (χ1v) is 7.02. The molecule has 1 heterocycles. The van der Waals surface area contributed by atoms with Crippen LogP contribution in [0.25, 0.3) is 0 Å². The zero-order valence-electron chi connectivity index (χ0n) is 11.6. The van der Waals surface area contributed by atoms with Crippen molar-refractivity contribution in [3.63, 3.8) is 0 Å². The molecule has 0 unspecified atom stereocenters. The second-order valence-corrected chi connectivity index (χ2v) is 5.07. The molecule has 20 heavy (non-hydrogen) atoms. The van der Waals surface area contributed by atoms with E-state index in [1.807, 2.05) is 13.0 Å². The van der Waals surface area contributed by atoms with Gasteiger partial charge in [-0.25, -0.2) is 4.79 Å². The Bertz CT molecular complexity index is 538. The fourth-order valence-corrected chi connectivity index (χ4v) is 2.71. The van der Waals surface area contributed by atoms with E-state index in [-0.39, 0.29) is 11.7 Å². The highest BCUT2D eigenvalue weighted by atomic mass is 16.4. The van der Waals surface area contributed by atoms with E-state index < -0.39 is 5.97 Å². The molecule has 1 aliphatic carbocycles. The van der Waals surface area contributed by atoms with Crippen molar-refractivity contribution in [1.82, 2.24) is 0 Å². The van der Waals surface area contributed by atoms with E-state index in [1.165, 1.54) is 0 Å². The van der Waals surface area contributed by atoms with Crippen LogP contribution in [0.4, 0.5) is 0 Å². The van der Waals surface area contributed by atoms with E-state index >= 15 is 0 Å². The Labute approximate surface area is 118 Å². The van der Waals surface area contributed by atoms with Crippen molar-refractivity contribution < 1.29 is 14.7 Å². The first kappa shape index (κ1) is 14.4. The van der Waals surface area contributed by atoms with Gasteiger partial charge in [0.05, 0.1) is 0 Å². The number of aliphatic imine (C=N–C) groups is 1. The van der Waals surface area contributed by atoms with Crippen LogP contribution >= 0.6 is 0 Å². The first-order chi connectivity index (χ1) is 9.63. The first-order valence-electron chi connectivity index (χ1n) is 7.02. The molecule has 0 saturated heterocycles. The number of hydrogen-bond donors (Lipinski definition) is 1. The van der Waals surface area contributed by atoms with Gasteiger partial charge in [-0.1, -0.05) is 13.0 Å². The molecule has 0 aromatic rings. The minimum absolute atomic E-state index is 0.0618. The maximum atomic E-state index is 12.1. The number of allylic oxidation sites excluding steroid dienone is 4. The topological polar surface area (TPSA) is 66.7 Å². The monoisotopic (exact) mass is 273 g/mol. The van der Waals surface area contributed by atoms with E-state index in [0.29, 0.717) is 18.4 Å². The standard InChI is InChI=1S/C16H19NO3/c1-2-12(13-7-3-4-8-15(13)18)14-10-11(16(19)20)6-5-9-17-14/h5-7,9,12H,2-4,8,10H2,1H3,(H,19,20)/t12-/m0/s1. The number of aliphatic carboxylic acids is 1. The summed E-state index contributed by atoms with van der Waals surface area (Å²) in [6.07, 6.45) is 10.3. The van der Waals surface area contributed by atoms with Crippen LogP contribution < -0.4 is 0 Å². The van der Waals surface area contributed by atoms with Crippen LogP contribution in [0, 0.1) is 5.92 Å². The van der Waals surface area contributed by atoms with Crippen molar-refractivity contribution in [1.29, 1.82) is 0 Å². The summed E-state index contributed by atoms with van der Waals surface area (Å²) in [6.45, 7) is 2.01. The fraction of sp³-hybridized carbons (Fsp3) is 0.438. The van der Waals surface area contributed by atoms with Gasteiger partial charge in [-0.15, -0.1) is 0 Å². The van der Waals surface area contributed by atoms with Crippen LogP contribution in [-0.2, 0) is 9.59 Å². The van der Waals surface area contributed by atoms with Crippen LogP contribution in [0.3, 0.4) is 0 Å². The highest BCUT2D eigenvalue weighted by molar-refractivity contribution is 6.06. The van der Waals surface area contributed by atoms with Gasteiger partial charge >= 0.3 is 5.97 Å². The Kier molecular flexibility index (Phi) is 4.66. The fourth-order valence-electron chi connectivity index (χ4n) is 2.71.